The van der Waals surface area contributed by atoms with Crippen molar-refractivity contribution in [2.75, 3.05) is 12.9 Å². The largest absolute Gasteiger partial charge is 0.497 e. The zero-order chi connectivity index (χ0) is 14.5. The van der Waals surface area contributed by atoms with Gasteiger partial charge < -0.3 is 10.1 Å². The lowest BCUT2D eigenvalue weighted by atomic mass is 10.1. The number of benzene rings is 1. The maximum absolute atomic E-state index is 14.1. The number of thioether (sulfide) groups is 1. The molecule has 0 spiro atoms. The molecule has 112 valence electrons. The van der Waals surface area contributed by atoms with E-state index in [1.807, 2.05) is 30.8 Å². The minimum atomic E-state index is -0.193. The fraction of sp³-hybridized carbons (Fsp3) is 0.625. The predicted octanol–water partition coefficient (Wildman–Crippen LogP) is 4.16. The number of rotatable bonds is 6. The molecule has 1 aliphatic carbocycles. The maximum atomic E-state index is 14.1. The van der Waals surface area contributed by atoms with E-state index in [0.29, 0.717) is 17.0 Å². The highest BCUT2D eigenvalue weighted by Gasteiger charge is 2.28. The lowest BCUT2D eigenvalue weighted by Crippen LogP contribution is -2.36. The first-order chi connectivity index (χ1) is 9.65. The summed E-state index contributed by atoms with van der Waals surface area (Å²) < 4.78 is 19.1. The molecule has 1 N–H and O–H groups in total. The second kappa shape index (κ2) is 7.32. The Morgan fingerprint density at radius 2 is 2.25 bits per heavy atom. The Morgan fingerprint density at radius 1 is 1.45 bits per heavy atom. The molecule has 1 saturated carbocycles. The topological polar surface area (TPSA) is 21.3 Å². The van der Waals surface area contributed by atoms with E-state index >= 15 is 0 Å². The Bertz CT molecular complexity index is 440. The van der Waals surface area contributed by atoms with Crippen LogP contribution >= 0.6 is 11.8 Å². The van der Waals surface area contributed by atoms with E-state index < -0.39 is 0 Å². The number of methoxy groups -OCH3 is 1. The van der Waals surface area contributed by atoms with Crippen molar-refractivity contribution in [3.8, 4) is 5.75 Å². The van der Waals surface area contributed by atoms with Crippen LogP contribution in [-0.2, 0) is 0 Å². The van der Waals surface area contributed by atoms with Crippen LogP contribution in [0.4, 0.5) is 4.39 Å². The Kier molecular flexibility index (Phi) is 5.73. The van der Waals surface area contributed by atoms with E-state index in [1.54, 1.807) is 7.11 Å². The van der Waals surface area contributed by atoms with E-state index in [0.717, 1.165) is 11.3 Å². The van der Waals surface area contributed by atoms with Crippen molar-refractivity contribution < 1.29 is 9.13 Å². The van der Waals surface area contributed by atoms with Crippen molar-refractivity contribution in [2.24, 2.45) is 0 Å². The fourth-order valence-corrected chi connectivity index (χ4v) is 4.14. The average molecular weight is 297 g/mol. The van der Waals surface area contributed by atoms with Gasteiger partial charge in [0.15, 0.2) is 0 Å². The summed E-state index contributed by atoms with van der Waals surface area (Å²) in [6, 6.07) is 5.63. The molecule has 0 bridgehead atoms. The van der Waals surface area contributed by atoms with Gasteiger partial charge in [-0.15, -0.1) is 0 Å². The lowest BCUT2D eigenvalue weighted by Gasteiger charge is -2.25. The summed E-state index contributed by atoms with van der Waals surface area (Å²) in [4.78, 5) is 0. The molecule has 20 heavy (non-hydrogen) atoms. The van der Waals surface area contributed by atoms with Gasteiger partial charge in [-0.3, -0.25) is 0 Å². The molecule has 0 radical (unpaired) electrons. The molecule has 1 aliphatic rings. The van der Waals surface area contributed by atoms with Gasteiger partial charge in [0.1, 0.15) is 11.6 Å². The van der Waals surface area contributed by atoms with Crippen molar-refractivity contribution >= 4 is 11.8 Å². The van der Waals surface area contributed by atoms with Gasteiger partial charge in [0.25, 0.3) is 0 Å². The Labute approximate surface area is 125 Å². The minimum absolute atomic E-state index is 0.0314. The Balaban J connectivity index is 2.02. The number of hydrogen-bond acceptors (Lipinski definition) is 3. The number of hydrogen-bond donors (Lipinski definition) is 1. The van der Waals surface area contributed by atoms with Crippen LogP contribution in [-0.4, -0.2) is 24.2 Å². The second-order valence-electron chi connectivity index (χ2n) is 5.31. The highest BCUT2D eigenvalue weighted by atomic mass is 32.2. The van der Waals surface area contributed by atoms with Gasteiger partial charge in [0, 0.05) is 29.0 Å². The molecular weight excluding hydrogens is 273 g/mol. The first kappa shape index (κ1) is 15.6. The van der Waals surface area contributed by atoms with Gasteiger partial charge in [-0.1, -0.05) is 19.4 Å². The summed E-state index contributed by atoms with van der Waals surface area (Å²) in [5, 5.41) is 4.28. The van der Waals surface area contributed by atoms with E-state index in [1.165, 1.54) is 25.3 Å². The molecule has 1 aromatic rings. The highest BCUT2D eigenvalue weighted by molar-refractivity contribution is 7.99. The zero-order valence-corrected chi connectivity index (χ0v) is 13.3. The predicted molar refractivity (Wildman–Crippen MR) is 84.1 cm³/mol. The van der Waals surface area contributed by atoms with Crippen LogP contribution in [0.5, 0.6) is 5.75 Å². The summed E-state index contributed by atoms with van der Waals surface area (Å²) in [7, 11) is 1.56. The minimum Gasteiger partial charge on any atom is -0.497 e. The highest BCUT2D eigenvalue weighted by Crippen LogP contribution is 2.32. The van der Waals surface area contributed by atoms with Crippen molar-refractivity contribution in [3.05, 3.63) is 29.6 Å². The molecular formula is C16H24FNOS. The molecule has 0 saturated heterocycles. The van der Waals surface area contributed by atoms with Crippen LogP contribution in [0.3, 0.4) is 0 Å². The molecule has 2 rings (SSSR count). The summed E-state index contributed by atoms with van der Waals surface area (Å²) in [5.41, 5.74) is 0.720. The molecule has 0 heterocycles. The maximum Gasteiger partial charge on any atom is 0.131 e. The van der Waals surface area contributed by atoms with E-state index in [-0.39, 0.29) is 11.9 Å². The van der Waals surface area contributed by atoms with Gasteiger partial charge in [0.2, 0.25) is 0 Å². The van der Waals surface area contributed by atoms with Gasteiger partial charge in [-0.2, -0.15) is 11.8 Å². The van der Waals surface area contributed by atoms with Crippen LogP contribution in [0, 0.1) is 5.82 Å². The van der Waals surface area contributed by atoms with Crippen molar-refractivity contribution in [2.45, 2.75) is 50.4 Å². The third kappa shape index (κ3) is 3.67. The van der Waals surface area contributed by atoms with Gasteiger partial charge >= 0.3 is 0 Å². The molecule has 3 atom stereocenters. The van der Waals surface area contributed by atoms with Crippen LogP contribution in [0.2, 0.25) is 0 Å². The Morgan fingerprint density at radius 3 is 2.90 bits per heavy atom. The molecule has 4 heteroatoms. The van der Waals surface area contributed by atoms with Crippen molar-refractivity contribution in [1.29, 1.82) is 0 Å². The third-order valence-corrected chi connectivity index (χ3v) is 5.30. The quantitative estimate of drug-likeness (QED) is 0.852. The molecule has 0 amide bonds. The molecule has 2 nitrogen and oxygen atoms in total. The molecule has 0 aliphatic heterocycles. The van der Waals surface area contributed by atoms with Crippen molar-refractivity contribution in [3.63, 3.8) is 0 Å². The van der Waals surface area contributed by atoms with Crippen LogP contribution < -0.4 is 10.1 Å². The summed E-state index contributed by atoms with van der Waals surface area (Å²) >= 11 is 2.02. The Hall–Kier alpha value is -0.740. The third-order valence-electron chi connectivity index (χ3n) is 3.97. The van der Waals surface area contributed by atoms with E-state index in [2.05, 4.69) is 12.2 Å². The molecule has 1 fully saturated rings. The van der Waals surface area contributed by atoms with Crippen LogP contribution in [0.25, 0.3) is 0 Å². The van der Waals surface area contributed by atoms with Gasteiger partial charge in [-0.05, 0) is 31.6 Å². The normalized spacial score (nSPS) is 23.8. The van der Waals surface area contributed by atoms with Gasteiger partial charge in [-0.25, -0.2) is 4.39 Å². The second-order valence-corrected chi connectivity index (χ2v) is 6.82. The summed E-state index contributed by atoms with van der Waals surface area (Å²) in [5.74, 6) is 1.52. The monoisotopic (exact) mass is 297 g/mol. The van der Waals surface area contributed by atoms with E-state index in [4.69, 9.17) is 4.74 Å². The fourth-order valence-electron chi connectivity index (χ4n) is 2.93. The first-order valence-corrected chi connectivity index (χ1v) is 8.41. The smallest absolute Gasteiger partial charge is 0.131 e. The zero-order valence-electron chi connectivity index (χ0n) is 12.5. The van der Waals surface area contributed by atoms with Crippen LogP contribution in [0.15, 0.2) is 18.2 Å². The first-order valence-electron chi connectivity index (χ1n) is 7.36. The number of nitrogens with one attached hydrogen (secondary N) is 1. The number of halogens is 1. The molecule has 0 aromatic heterocycles. The average Bonchev–Trinajstić information content (AvgIpc) is 2.86. The lowest BCUT2D eigenvalue weighted by molar-refractivity contribution is 0.407. The van der Waals surface area contributed by atoms with Crippen molar-refractivity contribution in [1.82, 2.24) is 5.32 Å². The van der Waals surface area contributed by atoms with Gasteiger partial charge in [0.05, 0.1) is 7.11 Å². The van der Waals surface area contributed by atoms with Crippen LogP contribution in [0.1, 0.15) is 44.7 Å². The summed E-state index contributed by atoms with van der Waals surface area (Å²) in [6.45, 7) is 4.24. The molecule has 1 aromatic carbocycles. The SMILES string of the molecule is CCSC1CCCC1NC(C)c1ccc(OC)cc1F. The van der Waals surface area contributed by atoms with E-state index in [9.17, 15) is 4.39 Å². The summed E-state index contributed by atoms with van der Waals surface area (Å²) in [6.07, 6.45) is 3.74. The number of ether oxygens (including phenoxy) is 1. The standard InChI is InChI=1S/C16H24FNOS/c1-4-20-16-7-5-6-15(16)18-11(2)13-9-8-12(19-3)10-14(13)17/h8-11,15-16,18H,4-7H2,1-3H3. The molecule has 3 unspecified atom stereocenters.